The van der Waals surface area contributed by atoms with E-state index in [-0.39, 0.29) is 0 Å². The Balaban J connectivity index is 2.50. The predicted molar refractivity (Wildman–Crippen MR) is 41.1 cm³/mol. The molecule has 0 aliphatic heterocycles. The van der Waals surface area contributed by atoms with Crippen molar-refractivity contribution in [1.82, 2.24) is 0 Å². The van der Waals surface area contributed by atoms with Gasteiger partial charge in [0.15, 0.2) is 0 Å². The molecule has 0 radical (unpaired) electrons. The Bertz CT molecular complexity index is 202. The number of fused-ring (bicyclic) bond motifs is 1. The van der Waals surface area contributed by atoms with Crippen LogP contribution in [0.2, 0.25) is 0 Å². The zero-order valence-electron chi connectivity index (χ0n) is 5.72. The highest BCUT2D eigenvalue weighted by molar-refractivity contribution is 7.08. The maximum absolute atomic E-state index is 2.31. The van der Waals surface area contributed by atoms with E-state index in [4.69, 9.17) is 0 Å². The minimum atomic E-state index is 0.825. The molecule has 2 unspecified atom stereocenters. The Labute approximate surface area is 59.5 Å². The summed E-state index contributed by atoms with van der Waals surface area (Å²) in [6.07, 6.45) is 0. The molecule has 9 heavy (non-hydrogen) atoms. The first-order chi connectivity index (χ1) is 4.30. The van der Waals surface area contributed by atoms with Gasteiger partial charge < -0.3 is 0 Å². The lowest BCUT2D eigenvalue weighted by Crippen LogP contribution is -2.16. The van der Waals surface area contributed by atoms with E-state index in [1.165, 1.54) is 0 Å². The van der Waals surface area contributed by atoms with E-state index in [1.807, 2.05) is 11.3 Å². The molecule has 1 aromatic rings. The first-order valence-corrected chi connectivity index (χ1v) is 4.31. The van der Waals surface area contributed by atoms with E-state index in [1.54, 1.807) is 11.1 Å². The van der Waals surface area contributed by atoms with Gasteiger partial charge in [-0.3, -0.25) is 0 Å². The van der Waals surface area contributed by atoms with Crippen LogP contribution in [0.15, 0.2) is 10.8 Å². The fourth-order valence-corrected chi connectivity index (χ4v) is 2.56. The summed E-state index contributed by atoms with van der Waals surface area (Å²) < 4.78 is 0. The molecule has 2 atom stereocenters. The van der Waals surface area contributed by atoms with Crippen LogP contribution in [0.4, 0.5) is 0 Å². The van der Waals surface area contributed by atoms with Crippen LogP contribution in [-0.2, 0) is 0 Å². The lowest BCUT2D eigenvalue weighted by atomic mass is 9.73. The second-order valence-corrected chi connectivity index (χ2v) is 3.60. The normalized spacial score (nSPS) is 31.3. The monoisotopic (exact) mass is 138 g/mol. The minimum Gasteiger partial charge on any atom is -0.152 e. The number of hydrogen-bond acceptors (Lipinski definition) is 1. The van der Waals surface area contributed by atoms with Crippen molar-refractivity contribution in [2.24, 2.45) is 0 Å². The van der Waals surface area contributed by atoms with Gasteiger partial charge in [0.1, 0.15) is 0 Å². The van der Waals surface area contributed by atoms with Gasteiger partial charge >= 0.3 is 0 Å². The summed E-state index contributed by atoms with van der Waals surface area (Å²) in [4.78, 5) is 0. The van der Waals surface area contributed by atoms with Crippen molar-refractivity contribution in [3.05, 3.63) is 21.9 Å². The summed E-state index contributed by atoms with van der Waals surface area (Å²) in [5, 5.41) is 4.56. The SMILES string of the molecule is CC1c2cscc2C1C. The largest absolute Gasteiger partial charge is 0.152 e. The highest BCUT2D eigenvalue weighted by atomic mass is 32.1. The molecule has 0 spiro atoms. The summed E-state index contributed by atoms with van der Waals surface area (Å²) >= 11 is 1.84. The number of hydrogen-bond donors (Lipinski definition) is 0. The lowest BCUT2D eigenvalue weighted by Gasteiger charge is -2.31. The molecule has 0 amide bonds. The molecule has 48 valence electrons. The Morgan fingerprint density at radius 2 is 1.56 bits per heavy atom. The molecule has 0 saturated heterocycles. The van der Waals surface area contributed by atoms with E-state index in [9.17, 15) is 0 Å². The molecule has 2 rings (SSSR count). The average molecular weight is 138 g/mol. The van der Waals surface area contributed by atoms with Gasteiger partial charge in [-0.2, -0.15) is 11.3 Å². The van der Waals surface area contributed by atoms with Crippen LogP contribution in [0.3, 0.4) is 0 Å². The van der Waals surface area contributed by atoms with Crippen LogP contribution in [0, 0.1) is 0 Å². The summed E-state index contributed by atoms with van der Waals surface area (Å²) in [6.45, 7) is 4.61. The van der Waals surface area contributed by atoms with Crippen LogP contribution < -0.4 is 0 Å². The predicted octanol–water partition coefficient (Wildman–Crippen LogP) is 2.97. The molecule has 1 aliphatic rings. The van der Waals surface area contributed by atoms with Crippen molar-refractivity contribution in [1.29, 1.82) is 0 Å². The zero-order valence-corrected chi connectivity index (χ0v) is 6.53. The maximum Gasteiger partial charge on any atom is -0.00554 e. The van der Waals surface area contributed by atoms with Gasteiger partial charge in [0, 0.05) is 0 Å². The molecule has 1 aliphatic carbocycles. The van der Waals surface area contributed by atoms with Gasteiger partial charge in [0.25, 0.3) is 0 Å². The van der Waals surface area contributed by atoms with Gasteiger partial charge in [-0.1, -0.05) is 13.8 Å². The Morgan fingerprint density at radius 1 is 1.11 bits per heavy atom. The molecule has 0 saturated carbocycles. The van der Waals surface area contributed by atoms with Gasteiger partial charge in [-0.05, 0) is 33.7 Å². The van der Waals surface area contributed by atoms with E-state index in [2.05, 4.69) is 24.6 Å². The van der Waals surface area contributed by atoms with E-state index >= 15 is 0 Å². The maximum atomic E-state index is 2.31. The third kappa shape index (κ3) is 0.531. The fourth-order valence-electron chi connectivity index (χ4n) is 1.50. The Kier molecular flexibility index (Phi) is 0.974. The van der Waals surface area contributed by atoms with E-state index in [0.29, 0.717) is 0 Å². The second kappa shape index (κ2) is 1.60. The molecular weight excluding hydrogens is 128 g/mol. The zero-order chi connectivity index (χ0) is 6.43. The van der Waals surface area contributed by atoms with Crippen molar-refractivity contribution in [2.45, 2.75) is 25.7 Å². The van der Waals surface area contributed by atoms with Crippen molar-refractivity contribution in [2.75, 3.05) is 0 Å². The molecule has 0 fully saturated rings. The van der Waals surface area contributed by atoms with Crippen LogP contribution in [0.25, 0.3) is 0 Å². The smallest absolute Gasteiger partial charge is 0.00554 e. The molecule has 1 heterocycles. The molecule has 0 aromatic carbocycles. The molecule has 0 N–H and O–H groups in total. The molecular formula is C8H10S. The number of rotatable bonds is 0. The molecule has 1 aromatic heterocycles. The third-order valence-electron chi connectivity index (χ3n) is 2.45. The Morgan fingerprint density at radius 3 is 2.00 bits per heavy atom. The fraction of sp³-hybridized carbons (Fsp3) is 0.500. The first-order valence-electron chi connectivity index (χ1n) is 3.36. The third-order valence-corrected chi connectivity index (χ3v) is 3.23. The molecule has 0 nitrogen and oxygen atoms in total. The topological polar surface area (TPSA) is 0 Å². The Hall–Kier alpha value is -0.300. The molecule has 0 bridgehead atoms. The summed E-state index contributed by atoms with van der Waals surface area (Å²) in [6, 6.07) is 0. The van der Waals surface area contributed by atoms with Gasteiger partial charge in [-0.15, -0.1) is 0 Å². The van der Waals surface area contributed by atoms with Crippen molar-refractivity contribution in [3.63, 3.8) is 0 Å². The van der Waals surface area contributed by atoms with Crippen LogP contribution >= 0.6 is 11.3 Å². The minimum absolute atomic E-state index is 0.825. The van der Waals surface area contributed by atoms with Crippen LogP contribution in [0.1, 0.15) is 36.8 Å². The average Bonchev–Trinajstić information content (AvgIpc) is 2.30. The quantitative estimate of drug-likeness (QED) is 0.517. The van der Waals surface area contributed by atoms with Gasteiger partial charge in [-0.25, -0.2) is 0 Å². The van der Waals surface area contributed by atoms with E-state index < -0.39 is 0 Å². The first kappa shape index (κ1) is 5.48. The summed E-state index contributed by atoms with van der Waals surface area (Å²) in [5.41, 5.74) is 3.18. The second-order valence-electron chi connectivity index (χ2n) is 2.86. The van der Waals surface area contributed by atoms with Gasteiger partial charge in [0.2, 0.25) is 0 Å². The highest BCUT2D eigenvalue weighted by Crippen LogP contribution is 2.47. The highest BCUT2D eigenvalue weighted by Gasteiger charge is 2.30. The summed E-state index contributed by atoms with van der Waals surface area (Å²) in [5.74, 6) is 1.65. The number of thiophene rings is 1. The van der Waals surface area contributed by atoms with Crippen molar-refractivity contribution in [3.8, 4) is 0 Å². The summed E-state index contributed by atoms with van der Waals surface area (Å²) in [7, 11) is 0. The molecule has 1 heteroatoms. The van der Waals surface area contributed by atoms with E-state index in [0.717, 1.165) is 11.8 Å². The van der Waals surface area contributed by atoms with Crippen molar-refractivity contribution < 1.29 is 0 Å². The standard InChI is InChI=1S/C8H10S/c1-5-6(2)8-4-9-3-7(5)8/h3-6H,1-2H3. The lowest BCUT2D eigenvalue weighted by molar-refractivity contribution is 0.548. The van der Waals surface area contributed by atoms with Gasteiger partial charge in [0.05, 0.1) is 0 Å². The van der Waals surface area contributed by atoms with Crippen molar-refractivity contribution >= 4 is 11.3 Å². The van der Waals surface area contributed by atoms with Crippen LogP contribution in [-0.4, -0.2) is 0 Å². The van der Waals surface area contributed by atoms with Crippen LogP contribution in [0.5, 0.6) is 0 Å².